The highest BCUT2D eigenvalue weighted by atomic mass is 15.2. The second-order valence-electron chi connectivity index (χ2n) is 7.00. The first kappa shape index (κ1) is 16.8. The Morgan fingerprint density at radius 3 is 2.71 bits per heavy atom. The summed E-state index contributed by atoms with van der Waals surface area (Å²) in [5, 5.41) is 0. The van der Waals surface area contributed by atoms with Gasteiger partial charge in [0.25, 0.3) is 0 Å². The van der Waals surface area contributed by atoms with E-state index in [-0.39, 0.29) is 0 Å². The van der Waals surface area contributed by atoms with Crippen molar-refractivity contribution >= 4 is 5.95 Å². The molecule has 1 unspecified atom stereocenters. The number of aryl methyl sites for hydroxylation is 1. The lowest BCUT2D eigenvalue weighted by molar-refractivity contribution is 0.166. The Balaban J connectivity index is 1.57. The molecule has 1 saturated heterocycles. The van der Waals surface area contributed by atoms with E-state index in [2.05, 4.69) is 45.0 Å². The van der Waals surface area contributed by atoms with Crippen molar-refractivity contribution in [3.8, 4) is 0 Å². The van der Waals surface area contributed by atoms with Crippen LogP contribution >= 0.6 is 0 Å². The summed E-state index contributed by atoms with van der Waals surface area (Å²) in [4.78, 5) is 17.9. The fourth-order valence-corrected chi connectivity index (χ4v) is 3.39. The van der Waals surface area contributed by atoms with Gasteiger partial charge in [0.2, 0.25) is 5.95 Å². The summed E-state index contributed by atoms with van der Waals surface area (Å²) in [6.07, 6.45) is 7.53. The summed E-state index contributed by atoms with van der Waals surface area (Å²) in [7, 11) is 3.92. The number of pyridine rings is 1. The molecule has 1 aliphatic rings. The van der Waals surface area contributed by atoms with Crippen LogP contribution in [0.2, 0.25) is 0 Å². The SMILES string of the molecule is Cc1cccc(CC2CCCN(Cc3cnc(N(C)C)nc3)C2)n1. The average Bonchev–Trinajstić information content (AvgIpc) is 2.56. The first-order valence-electron chi connectivity index (χ1n) is 8.73. The van der Waals surface area contributed by atoms with Crippen molar-refractivity contribution in [2.24, 2.45) is 5.92 Å². The van der Waals surface area contributed by atoms with Crippen molar-refractivity contribution in [3.63, 3.8) is 0 Å². The summed E-state index contributed by atoms with van der Waals surface area (Å²) < 4.78 is 0. The van der Waals surface area contributed by atoms with Crippen LogP contribution < -0.4 is 4.90 Å². The Kier molecular flexibility index (Phi) is 5.41. The summed E-state index contributed by atoms with van der Waals surface area (Å²) in [5.41, 5.74) is 3.52. The van der Waals surface area contributed by atoms with Gasteiger partial charge < -0.3 is 4.90 Å². The van der Waals surface area contributed by atoms with E-state index in [9.17, 15) is 0 Å². The maximum atomic E-state index is 4.66. The van der Waals surface area contributed by atoms with Crippen molar-refractivity contribution < 1.29 is 0 Å². The number of rotatable bonds is 5. The van der Waals surface area contributed by atoms with Crippen LogP contribution in [0.1, 0.15) is 29.8 Å². The van der Waals surface area contributed by atoms with Crippen LogP contribution in [0.4, 0.5) is 5.95 Å². The Morgan fingerprint density at radius 2 is 2.00 bits per heavy atom. The van der Waals surface area contributed by atoms with Gasteiger partial charge in [-0.2, -0.15) is 0 Å². The van der Waals surface area contributed by atoms with Gasteiger partial charge in [0.1, 0.15) is 0 Å². The van der Waals surface area contributed by atoms with Gasteiger partial charge >= 0.3 is 0 Å². The molecule has 2 aromatic rings. The summed E-state index contributed by atoms with van der Waals surface area (Å²) in [6.45, 7) is 5.29. The molecule has 5 heteroatoms. The van der Waals surface area contributed by atoms with Gasteiger partial charge in [0.15, 0.2) is 0 Å². The van der Waals surface area contributed by atoms with Gasteiger partial charge in [-0.3, -0.25) is 9.88 Å². The highest BCUT2D eigenvalue weighted by Gasteiger charge is 2.21. The molecule has 0 radical (unpaired) electrons. The second-order valence-corrected chi connectivity index (χ2v) is 7.00. The number of hydrogen-bond acceptors (Lipinski definition) is 5. The largest absolute Gasteiger partial charge is 0.347 e. The second kappa shape index (κ2) is 7.71. The minimum absolute atomic E-state index is 0.690. The van der Waals surface area contributed by atoms with Gasteiger partial charge in [0.05, 0.1) is 0 Å². The Morgan fingerprint density at radius 1 is 1.21 bits per heavy atom. The summed E-state index contributed by atoms with van der Waals surface area (Å²) in [6, 6.07) is 6.33. The summed E-state index contributed by atoms with van der Waals surface area (Å²) in [5.74, 6) is 1.45. The number of likely N-dealkylation sites (tertiary alicyclic amines) is 1. The molecule has 5 nitrogen and oxygen atoms in total. The van der Waals surface area contributed by atoms with E-state index in [1.165, 1.54) is 24.1 Å². The molecule has 0 N–H and O–H groups in total. The fourth-order valence-electron chi connectivity index (χ4n) is 3.39. The normalized spacial score (nSPS) is 18.5. The molecule has 1 fully saturated rings. The average molecular weight is 325 g/mol. The van der Waals surface area contributed by atoms with Crippen molar-refractivity contribution in [3.05, 3.63) is 47.5 Å². The van der Waals surface area contributed by atoms with Crippen LogP contribution in [0.15, 0.2) is 30.6 Å². The predicted octanol–water partition coefficient (Wildman–Crippen LogP) is 2.70. The lowest BCUT2D eigenvalue weighted by Crippen LogP contribution is -2.36. The van der Waals surface area contributed by atoms with E-state index in [1.807, 2.05) is 31.4 Å². The standard InChI is InChI=1S/C19H27N5/c1-15-6-4-8-18(22-15)10-16-7-5-9-24(13-16)14-17-11-20-19(21-12-17)23(2)3/h4,6,8,11-12,16H,5,7,9-10,13-14H2,1-3H3. The van der Waals surface area contributed by atoms with Crippen LogP contribution in [0.25, 0.3) is 0 Å². The van der Waals surface area contributed by atoms with Gasteiger partial charge in [0, 0.05) is 56.5 Å². The van der Waals surface area contributed by atoms with Crippen LogP contribution in [0, 0.1) is 12.8 Å². The first-order valence-corrected chi connectivity index (χ1v) is 8.73. The summed E-state index contributed by atoms with van der Waals surface area (Å²) >= 11 is 0. The number of anilines is 1. The van der Waals surface area contributed by atoms with Crippen molar-refractivity contribution in [2.45, 2.75) is 32.7 Å². The molecular weight excluding hydrogens is 298 g/mol. The van der Waals surface area contributed by atoms with E-state index in [1.54, 1.807) is 0 Å². The molecule has 128 valence electrons. The van der Waals surface area contributed by atoms with Crippen LogP contribution in [0.5, 0.6) is 0 Å². The van der Waals surface area contributed by atoms with Crippen LogP contribution in [0.3, 0.4) is 0 Å². The Hall–Kier alpha value is -2.01. The van der Waals surface area contributed by atoms with Crippen molar-refractivity contribution in [1.82, 2.24) is 19.9 Å². The Labute approximate surface area is 144 Å². The predicted molar refractivity (Wildman–Crippen MR) is 97.0 cm³/mol. The number of nitrogens with zero attached hydrogens (tertiary/aromatic N) is 5. The molecule has 0 aromatic carbocycles. The van der Waals surface area contributed by atoms with Crippen molar-refractivity contribution in [2.75, 3.05) is 32.1 Å². The Bertz CT molecular complexity index is 653. The van der Waals surface area contributed by atoms with E-state index < -0.39 is 0 Å². The molecule has 0 bridgehead atoms. The van der Waals surface area contributed by atoms with E-state index >= 15 is 0 Å². The zero-order valence-corrected chi connectivity index (χ0v) is 14.9. The molecule has 0 spiro atoms. The minimum Gasteiger partial charge on any atom is -0.347 e. The first-order chi connectivity index (χ1) is 11.6. The lowest BCUT2D eigenvalue weighted by Gasteiger charge is -2.32. The zero-order valence-electron chi connectivity index (χ0n) is 14.9. The fraction of sp³-hybridized carbons (Fsp3) is 0.526. The van der Waals surface area contributed by atoms with Gasteiger partial charge in [-0.1, -0.05) is 6.07 Å². The van der Waals surface area contributed by atoms with E-state index in [4.69, 9.17) is 0 Å². The van der Waals surface area contributed by atoms with Gasteiger partial charge in [-0.25, -0.2) is 9.97 Å². The molecule has 3 rings (SSSR count). The number of piperidine rings is 1. The number of aromatic nitrogens is 3. The van der Waals surface area contributed by atoms with Gasteiger partial charge in [-0.05, 0) is 50.8 Å². The maximum Gasteiger partial charge on any atom is 0.224 e. The third kappa shape index (κ3) is 4.51. The van der Waals surface area contributed by atoms with E-state index in [0.717, 1.165) is 37.7 Å². The molecule has 1 aliphatic heterocycles. The van der Waals surface area contributed by atoms with Crippen molar-refractivity contribution in [1.29, 1.82) is 0 Å². The zero-order chi connectivity index (χ0) is 16.9. The monoisotopic (exact) mass is 325 g/mol. The van der Waals surface area contributed by atoms with E-state index in [0.29, 0.717) is 5.92 Å². The molecule has 1 atom stereocenters. The molecule has 3 heterocycles. The lowest BCUT2D eigenvalue weighted by atomic mass is 9.93. The molecule has 0 aliphatic carbocycles. The molecule has 2 aromatic heterocycles. The number of hydrogen-bond donors (Lipinski definition) is 0. The van der Waals surface area contributed by atoms with Gasteiger partial charge in [-0.15, -0.1) is 0 Å². The molecule has 24 heavy (non-hydrogen) atoms. The molecular formula is C19H27N5. The van der Waals surface area contributed by atoms with Crippen LogP contribution in [-0.4, -0.2) is 47.0 Å². The quantitative estimate of drug-likeness (QED) is 0.846. The maximum absolute atomic E-state index is 4.66. The highest BCUT2D eigenvalue weighted by Crippen LogP contribution is 2.21. The topological polar surface area (TPSA) is 45.2 Å². The molecule has 0 saturated carbocycles. The third-order valence-corrected chi connectivity index (χ3v) is 4.54. The van der Waals surface area contributed by atoms with Crippen LogP contribution in [-0.2, 0) is 13.0 Å². The highest BCUT2D eigenvalue weighted by molar-refractivity contribution is 5.26. The third-order valence-electron chi connectivity index (χ3n) is 4.54. The minimum atomic E-state index is 0.690. The molecule has 0 amide bonds. The smallest absolute Gasteiger partial charge is 0.224 e.